The molecule has 1 fully saturated rings. The molecule has 0 aromatic rings. The zero-order valence-electron chi connectivity index (χ0n) is 9.72. The summed E-state index contributed by atoms with van der Waals surface area (Å²) in [5.74, 6) is -6.06. The van der Waals surface area contributed by atoms with Gasteiger partial charge in [-0.05, 0) is 26.2 Å². The highest BCUT2D eigenvalue weighted by molar-refractivity contribution is 5.91. The second kappa shape index (κ2) is 4.56. The second-order valence-electron chi connectivity index (χ2n) is 4.27. The zero-order chi connectivity index (χ0) is 13.3. The highest BCUT2D eigenvalue weighted by Crippen LogP contribution is 2.44. The summed E-state index contributed by atoms with van der Waals surface area (Å²) in [6, 6.07) is -1.07. The van der Waals surface area contributed by atoms with Gasteiger partial charge in [-0.3, -0.25) is 9.59 Å². The fourth-order valence-corrected chi connectivity index (χ4v) is 1.61. The van der Waals surface area contributed by atoms with Crippen LogP contribution in [0.3, 0.4) is 0 Å². The molecule has 0 saturated heterocycles. The van der Waals surface area contributed by atoms with Crippen LogP contribution in [0.1, 0.15) is 26.2 Å². The maximum absolute atomic E-state index is 13.6. The van der Waals surface area contributed by atoms with Gasteiger partial charge in [0.05, 0.1) is 0 Å². The van der Waals surface area contributed by atoms with E-state index in [4.69, 9.17) is 0 Å². The number of nitrogens with one attached hydrogen (secondary N) is 2. The first-order valence-corrected chi connectivity index (χ1v) is 5.37. The van der Waals surface area contributed by atoms with E-state index < -0.39 is 29.4 Å². The normalized spacial score (nSPS) is 20.1. The summed E-state index contributed by atoms with van der Waals surface area (Å²) in [5, 5.41) is 13.6. The molecule has 1 atom stereocenters. The van der Waals surface area contributed by atoms with Crippen LogP contribution in [0.4, 0.5) is 8.78 Å². The van der Waals surface area contributed by atoms with Gasteiger partial charge in [-0.25, -0.2) is 0 Å². The quantitative estimate of drug-likeness (QED) is 0.646. The average Bonchev–Trinajstić information content (AvgIpc) is 2.23. The van der Waals surface area contributed by atoms with Gasteiger partial charge >= 0.3 is 5.92 Å². The maximum Gasteiger partial charge on any atom is 0.352 e. The SMILES string of the molecule is CNC(=O)C(C)NC(=O)C(F)(F)C1(O)CCC1. The molecule has 7 heteroatoms. The minimum Gasteiger partial charge on any atom is -0.383 e. The standard InChI is InChI=1S/C10H16F2N2O3/c1-6(7(15)13-2)14-8(16)10(11,12)9(17)4-3-5-9/h6,17H,3-5H2,1-2H3,(H,13,15)(H,14,16). The number of halogens is 2. The van der Waals surface area contributed by atoms with Crippen LogP contribution in [0.15, 0.2) is 0 Å². The minimum atomic E-state index is -3.87. The van der Waals surface area contributed by atoms with Crippen molar-refractivity contribution in [2.24, 2.45) is 0 Å². The molecule has 0 spiro atoms. The van der Waals surface area contributed by atoms with Crippen LogP contribution in [0.2, 0.25) is 0 Å². The van der Waals surface area contributed by atoms with Crippen molar-refractivity contribution in [1.82, 2.24) is 10.6 Å². The molecule has 1 aliphatic rings. The molecule has 1 rings (SSSR count). The summed E-state index contributed by atoms with van der Waals surface area (Å²) in [5.41, 5.74) is -2.26. The van der Waals surface area contributed by atoms with Crippen LogP contribution in [0, 0.1) is 0 Å². The van der Waals surface area contributed by atoms with E-state index in [2.05, 4.69) is 5.32 Å². The van der Waals surface area contributed by atoms with Gasteiger partial charge in [0.2, 0.25) is 5.91 Å². The summed E-state index contributed by atoms with van der Waals surface area (Å²) in [6.45, 7) is 1.29. The van der Waals surface area contributed by atoms with E-state index in [1.165, 1.54) is 14.0 Å². The van der Waals surface area contributed by atoms with Gasteiger partial charge in [-0.15, -0.1) is 0 Å². The molecule has 1 unspecified atom stereocenters. The van der Waals surface area contributed by atoms with Crippen LogP contribution in [-0.4, -0.2) is 41.5 Å². The van der Waals surface area contributed by atoms with Crippen molar-refractivity contribution in [3.63, 3.8) is 0 Å². The van der Waals surface area contributed by atoms with Crippen LogP contribution in [0.5, 0.6) is 0 Å². The number of amides is 2. The van der Waals surface area contributed by atoms with E-state index in [0.29, 0.717) is 6.42 Å². The van der Waals surface area contributed by atoms with Gasteiger partial charge < -0.3 is 15.7 Å². The summed E-state index contributed by atoms with van der Waals surface area (Å²) >= 11 is 0. The highest BCUT2D eigenvalue weighted by atomic mass is 19.3. The molecule has 0 aromatic carbocycles. The van der Waals surface area contributed by atoms with Gasteiger partial charge in [0.1, 0.15) is 11.6 Å². The summed E-state index contributed by atoms with van der Waals surface area (Å²) in [4.78, 5) is 22.4. The second-order valence-corrected chi connectivity index (χ2v) is 4.27. The minimum absolute atomic E-state index is 0.109. The highest BCUT2D eigenvalue weighted by Gasteiger charge is 2.61. The van der Waals surface area contributed by atoms with Gasteiger partial charge in [0.25, 0.3) is 5.91 Å². The number of likely N-dealkylation sites (N-methyl/N-ethyl adjacent to an activating group) is 1. The Balaban J connectivity index is 2.66. The van der Waals surface area contributed by atoms with Crippen LogP contribution >= 0.6 is 0 Å². The van der Waals surface area contributed by atoms with Crippen LogP contribution in [0.25, 0.3) is 0 Å². The topological polar surface area (TPSA) is 78.4 Å². The molecule has 98 valence electrons. The molecular formula is C10H16F2N2O3. The first kappa shape index (κ1) is 13.8. The molecule has 1 saturated carbocycles. The molecule has 17 heavy (non-hydrogen) atoms. The molecule has 0 aliphatic heterocycles. The largest absolute Gasteiger partial charge is 0.383 e. The third kappa shape index (κ3) is 2.38. The summed E-state index contributed by atoms with van der Waals surface area (Å²) in [6.07, 6.45) is 0.244. The smallest absolute Gasteiger partial charge is 0.352 e. The summed E-state index contributed by atoms with van der Waals surface area (Å²) in [7, 11) is 1.34. The van der Waals surface area contributed by atoms with Gasteiger partial charge in [-0.2, -0.15) is 8.78 Å². The molecular weight excluding hydrogens is 234 g/mol. The predicted molar refractivity (Wildman–Crippen MR) is 55.4 cm³/mol. The first-order valence-electron chi connectivity index (χ1n) is 5.37. The fourth-order valence-electron chi connectivity index (χ4n) is 1.61. The van der Waals surface area contributed by atoms with Crippen molar-refractivity contribution in [3.8, 4) is 0 Å². The number of hydrogen-bond donors (Lipinski definition) is 3. The lowest BCUT2D eigenvalue weighted by molar-refractivity contribution is -0.216. The molecule has 0 radical (unpaired) electrons. The number of carbonyl (C=O) groups is 2. The van der Waals surface area contributed by atoms with Crippen LogP contribution < -0.4 is 10.6 Å². The Morgan fingerprint density at radius 1 is 1.41 bits per heavy atom. The zero-order valence-corrected chi connectivity index (χ0v) is 9.72. The Hall–Kier alpha value is -1.24. The first-order chi connectivity index (χ1) is 7.74. The lowest BCUT2D eigenvalue weighted by atomic mass is 9.75. The molecule has 5 nitrogen and oxygen atoms in total. The van der Waals surface area contributed by atoms with Crippen molar-refractivity contribution in [3.05, 3.63) is 0 Å². The van der Waals surface area contributed by atoms with Crippen molar-refractivity contribution < 1.29 is 23.5 Å². The van der Waals surface area contributed by atoms with Gasteiger partial charge in [0.15, 0.2) is 0 Å². The third-order valence-electron chi connectivity index (χ3n) is 3.04. The Kier molecular flexibility index (Phi) is 3.71. The number of alkyl halides is 2. The molecule has 1 aliphatic carbocycles. The molecule has 0 heterocycles. The Morgan fingerprint density at radius 3 is 2.29 bits per heavy atom. The van der Waals surface area contributed by atoms with Crippen molar-refractivity contribution in [1.29, 1.82) is 0 Å². The Bertz CT molecular complexity index is 330. The Labute approximate surface area is 97.6 Å². The van der Waals surface area contributed by atoms with E-state index in [1.807, 2.05) is 5.32 Å². The molecule has 0 aromatic heterocycles. The number of aliphatic hydroxyl groups is 1. The monoisotopic (exact) mass is 250 g/mol. The number of rotatable bonds is 4. The fraction of sp³-hybridized carbons (Fsp3) is 0.800. The maximum atomic E-state index is 13.6. The van der Waals surface area contributed by atoms with Gasteiger partial charge in [-0.1, -0.05) is 0 Å². The van der Waals surface area contributed by atoms with Crippen molar-refractivity contribution in [2.75, 3.05) is 7.05 Å². The number of carbonyl (C=O) groups excluding carboxylic acids is 2. The van der Waals surface area contributed by atoms with Crippen molar-refractivity contribution in [2.45, 2.75) is 43.8 Å². The lowest BCUT2D eigenvalue weighted by Crippen LogP contribution is -2.62. The van der Waals surface area contributed by atoms with Crippen LogP contribution in [-0.2, 0) is 9.59 Å². The number of hydrogen-bond acceptors (Lipinski definition) is 3. The van der Waals surface area contributed by atoms with E-state index in [0.717, 1.165) is 0 Å². The predicted octanol–water partition coefficient (Wildman–Crippen LogP) is -0.213. The van der Waals surface area contributed by atoms with Crippen molar-refractivity contribution >= 4 is 11.8 Å². The molecule has 0 bridgehead atoms. The average molecular weight is 250 g/mol. The molecule has 3 N–H and O–H groups in total. The lowest BCUT2D eigenvalue weighted by Gasteiger charge is -2.41. The van der Waals surface area contributed by atoms with Gasteiger partial charge in [0, 0.05) is 7.05 Å². The van der Waals surface area contributed by atoms with E-state index in [9.17, 15) is 23.5 Å². The van der Waals surface area contributed by atoms with E-state index >= 15 is 0 Å². The molecule has 2 amide bonds. The summed E-state index contributed by atoms with van der Waals surface area (Å²) < 4.78 is 27.2. The third-order valence-corrected chi connectivity index (χ3v) is 3.04. The Morgan fingerprint density at radius 2 is 1.94 bits per heavy atom. The van der Waals surface area contributed by atoms with E-state index in [1.54, 1.807) is 0 Å². The van der Waals surface area contributed by atoms with E-state index in [-0.39, 0.29) is 12.8 Å².